The number of ether oxygens (including phenoxy) is 1. The number of hydrogen-bond donors (Lipinski definition) is 1. The Balaban J connectivity index is 1.14. The summed E-state index contributed by atoms with van der Waals surface area (Å²) in [5.74, 6) is 0.858. The summed E-state index contributed by atoms with van der Waals surface area (Å²) in [4.78, 5) is 26.9. The molecule has 2 aliphatic heterocycles. The molecule has 1 amide bonds. The van der Waals surface area contributed by atoms with E-state index in [4.69, 9.17) is 4.74 Å². The summed E-state index contributed by atoms with van der Waals surface area (Å²) in [6.07, 6.45) is 6.02. The average molecular weight is 448 g/mol. The van der Waals surface area contributed by atoms with Gasteiger partial charge in [-0.3, -0.25) is 9.59 Å². The maximum atomic E-state index is 13.0. The Morgan fingerprint density at radius 3 is 2.42 bits per heavy atom. The molecule has 5 rings (SSSR count). The van der Waals surface area contributed by atoms with Crippen LogP contribution in [0.25, 0.3) is 0 Å². The lowest BCUT2D eigenvalue weighted by atomic mass is 9.77. The van der Waals surface area contributed by atoms with Gasteiger partial charge in [-0.1, -0.05) is 42.5 Å². The van der Waals surface area contributed by atoms with Crippen LogP contribution in [0.1, 0.15) is 66.1 Å². The molecule has 0 aromatic heterocycles. The smallest absolute Gasteiger partial charge is 0.312 e. The predicted octanol–water partition coefficient (Wildman–Crippen LogP) is 4.55. The van der Waals surface area contributed by atoms with Crippen LogP contribution in [0, 0.1) is 17.3 Å². The largest absolute Gasteiger partial charge is 0.465 e. The quantitative estimate of drug-likeness (QED) is 0.683. The molecule has 1 saturated carbocycles. The third-order valence-electron chi connectivity index (χ3n) is 8.15. The summed E-state index contributed by atoms with van der Waals surface area (Å²) >= 11 is 0. The monoisotopic (exact) mass is 447 g/mol. The number of esters is 1. The van der Waals surface area contributed by atoms with Crippen molar-refractivity contribution in [3.05, 3.63) is 71.3 Å². The van der Waals surface area contributed by atoms with Crippen molar-refractivity contribution in [3.63, 3.8) is 0 Å². The van der Waals surface area contributed by atoms with Gasteiger partial charge in [-0.2, -0.15) is 0 Å². The first-order chi connectivity index (χ1) is 16.0. The van der Waals surface area contributed by atoms with Gasteiger partial charge in [-0.15, -0.1) is 0 Å². The number of carbonyl (C=O) groups excluding carboxylic acids is 2. The maximum absolute atomic E-state index is 13.0. The molecule has 2 aromatic rings. The Labute approximate surface area is 195 Å². The first-order valence-electron chi connectivity index (χ1n) is 12.3. The molecule has 2 aromatic carbocycles. The molecule has 3 fully saturated rings. The maximum Gasteiger partial charge on any atom is 0.312 e. The number of hydrogen-bond acceptors (Lipinski definition) is 4. The molecule has 33 heavy (non-hydrogen) atoms. The highest BCUT2D eigenvalue weighted by atomic mass is 16.5. The third kappa shape index (κ3) is 4.56. The van der Waals surface area contributed by atoms with E-state index < -0.39 is 0 Å². The van der Waals surface area contributed by atoms with Gasteiger partial charge in [0.2, 0.25) is 0 Å². The normalized spacial score (nSPS) is 25.2. The van der Waals surface area contributed by atoms with Crippen LogP contribution in [0.3, 0.4) is 0 Å². The second kappa shape index (κ2) is 9.30. The van der Waals surface area contributed by atoms with Crippen LogP contribution in [0.4, 0.5) is 0 Å². The van der Waals surface area contributed by atoms with E-state index in [9.17, 15) is 14.7 Å². The van der Waals surface area contributed by atoms with Gasteiger partial charge in [0, 0.05) is 18.7 Å². The molecule has 5 nitrogen and oxygen atoms in total. The predicted molar refractivity (Wildman–Crippen MR) is 126 cm³/mol. The fraction of sp³-hybridized carbons (Fsp3) is 0.500. The first-order valence-corrected chi connectivity index (χ1v) is 12.3. The number of likely N-dealkylation sites (tertiary alicyclic amines) is 1. The zero-order chi connectivity index (χ0) is 22.8. The molecule has 2 saturated heterocycles. The SMILES string of the molecule is O=C(c1ccc(C[C@@H]2CC[C@H]([C@H](O)c3ccccc3)C2)cc1)N1CCC2(CCOC2=O)CC1. The van der Waals surface area contributed by atoms with Crippen LogP contribution in [0.5, 0.6) is 0 Å². The topological polar surface area (TPSA) is 66.8 Å². The summed E-state index contributed by atoms with van der Waals surface area (Å²) < 4.78 is 5.18. The van der Waals surface area contributed by atoms with Gasteiger partial charge >= 0.3 is 5.97 Å². The van der Waals surface area contributed by atoms with Gasteiger partial charge in [-0.25, -0.2) is 0 Å². The molecule has 1 aliphatic carbocycles. The lowest BCUT2D eigenvalue weighted by molar-refractivity contribution is -0.148. The number of nitrogens with zero attached hydrogens (tertiary/aromatic N) is 1. The number of amides is 1. The van der Waals surface area contributed by atoms with Crippen molar-refractivity contribution in [2.75, 3.05) is 19.7 Å². The Kier molecular flexibility index (Phi) is 6.24. The molecular weight excluding hydrogens is 414 g/mol. The van der Waals surface area contributed by atoms with Gasteiger partial charge < -0.3 is 14.7 Å². The molecule has 1 N–H and O–H groups in total. The molecule has 3 atom stereocenters. The molecule has 1 spiro atoms. The number of piperidine rings is 1. The van der Waals surface area contributed by atoms with E-state index in [2.05, 4.69) is 12.1 Å². The summed E-state index contributed by atoms with van der Waals surface area (Å²) in [5, 5.41) is 10.7. The highest BCUT2D eigenvalue weighted by Gasteiger charge is 2.47. The van der Waals surface area contributed by atoms with E-state index in [1.54, 1.807) is 0 Å². The zero-order valence-corrected chi connectivity index (χ0v) is 19.1. The molecule has 3 aliphatic rings. The lowest BCUT2D eigenvalue weighted by Gasteiger charge is -2.36. The molecular formula is C28H33NO4. The van der Waals surface area contributed by atoms with E-state index in [0.717, 1.165) is 37.7 Å². The third-order valence-corrected chi connectivity index (χ3v) is 8.15. The van der Waals surface area contributed by atoms with Crippen LogP contribution in [0.15, 0.2) is 54.6 Å². The second-order valence-corrected chi connectivity index (χ2v) is 10.2. The fourth-order valence-corrected chi connectivity index (χ4v) is 5.99. The van der Waals surface area contributed by atoms with Crippen LogP contribution in [-0.2, 0) is 16.0 Å². The van der Waals surface area contributed by atoms with E-state index in [1.165, 1.54) is 5.56 Å². The van der Waals surface area contributed by atoms with E-state index >= 15 is 0 Å². The van der Waals surface area contributed by atoms with Crippen LogP contribution in [-0.4, -0.2) is 41.6 Å². The zero-order valence-electron chi connectivity index (χ0n) is 19.1. The standard InChI is InChI=1S/C28H33NO4/c30-25(22-4-2-1-3-5-22)24-11-8-21(19-24)18-20-6-9-23(10-7-20)26(31)29-15-12-28(13-16-29)14-17-33-27(28)32/h1-7,9-10,21,24-25,30H,8,11-19H2/t21-,24-,25+/m0/s1. The molecule has 0 bridgehead atoms. The van der Waals surface area contributed by atoms with Crippen LogP contribution < -0.4 is 0 Å². The molecule has 0 unspecified atom stereocenters. The Morgan fingerprint density at radius 1 is 1.03 bits per heavy atom. The number of cyclic esters (lactones) is 1. The number of carbonyl (C=O) groups is 2. The molecule has 0 radical (unpaired) electrons. The van der Waals surface area contributed by atoms with Crippen LogP contribution >= 0.6 is 0 Å². The van der Waals surface area contributed by atoms with Gasteiger partial charge in [0.05, 0.1) is 18.1 Å². The molecule has 5 heteroatoms. The summed E-state index contributed by atoms with van der Waals surface area (Å²) in [5.41, 5.74) is 2.62. The van der Waals surface area contributed by atoms with Crippen molar-refractivity contribution in [2.45, 2.75) is 51.0 Å². The van der Waals surface area contributed by atoms with E-state index in [-0.39, 0.29) is 23.4 Å². The van der Waals surface area contributed by atoms with Crippen molar-refractivity contribution in [3.8, 4) is 0 Å². The second-order valence-electron chi connectivity index (χ2n) is 10.2. The van der Waals surface area contributed by atoms with E-state index in [0.29, 0.717) is 49.9 Å². The van der Waals surface area contributed by atoms with Crippen molar-refractivity contribution in [1.82, 2.24) is 4.90 Å². The highest BCUT2D eigenvalue weighted by Crippen LogP contribution is 2.41. The van der Waals surface area contributed by atoms with Crippen molar-refractivity contribution >= 4 is 11.9 Å². The average Bonchev–Trinajstić information content (AvgIpc) is 3.46. The number of aliphatic hydroxyl groups is 1. The van der Waals surface area contributed by atoms with Gasteiger partial charge in [-0.05, 0) is 80.0 Å². The Morgan fingerprint density at radius 2 is 1.76 bits per heavy atom. The van der Waals surface area contributed by atoms with E-state index in [1.807, 2.05) is 47.4 Å². The highest BCUT2D eigenvalue weighted by molar-refractivity contribution is 5.94. The minimum atomic E-state index is -0.383. The molecule has 2 heterocycles. The Bertz CT molecular complexity index is 979. The minimum absolute atomic E-state index is 0.0506. The summed E-state index contributed by atoms with van der Waals surface area (Å²) in [7, 11) is 0. The summed E-state index contributed by atoms with van der Waals surface area (Å²) in [6.45, 7) is 1.74. The number of benzene rings is 2. The minimum Gasteiger partial charge on any atom is -0.465 e. The van der Waals surface area contributed by atoms with Gasteiger partial charge in [0.15, 0.2) is 0 Å². The summed E-state index contributed by atoms with van der Waals surface area (Å²) in [6, 6.07) is 18.0. The Hall–Kier alpha value is -2.66. The van der Waals surface area contributed by atoms with Crippen molar-refractivity contribution in [2.24, 2.45) is 17.3 Å². The van der Waals surface area contributed by atoms with Gasteiger partial charge in [0.1, 0.15) is 0 Å². The number of rotatable bonds is 5. The van der Waals surface area contributed by atoms with Gasteiger partial charge in [0.25, 0.3) is 5.91 Å². The van der Waals surface area contributed by atoms with Crippen molar-refractivity contribution in [1.29, 1.82) is 0 Å². The van der Waals surface area contributed by atoms with Crippen molar-refractivity contribution < 1.29 is 19.4 Å². The first kappa shape index (κ1) is 22.1. The van der Waals surface area contributed by atoms with Crippen LogP contribution in [0.2, 0.25) is 0 Å². The fourth-order valence-electron chi connectivity index (χ4n) is 5.99. The lowest BCUT2D eigenvalue weighted by Crippen LogP contribution is -2.45. The molecule has 174 valence electrons. The number of aliphatic hydroxyl groups excluding tert-OH is 1.